The molecule has 0 aromatic heterocycles. The van der Waals surface area contributed by atoms with E-state index in [4.69, 9.17) is 29.4 Å². The van der Waals surface area contributed by atoms with Crippen molar-refractivity contribution in [3.63, 3.8) is 0 Å². The van der Waals surface area contributed by atoms with Crippen molar-refractivity contribution in [2.75, 3.05) is 0 Å². The second kappa shape index (κ2) is 22.7. The van der Waals surface area contributed by atoms with Crippen molar-refractivity contribution >= 4 is 17.2 Å². The summed E-state index contributed by atoms with van der Waals surface area (Å²) < 4.78 is 0. The Balaban J connectivity index is -0.0000000171. The van der Waals surface area contributed by atoms with Crippen molar-refractivity contribution in [3.8, 4) is 0 Å². The van der Waals surface area contributed by atoms with Gasteiger partial charge in [0.2, 0.25) is 0 Å². The summed E-state index contributed by atoms with van der Waals surface area (Å²) in [5.74, 6) is 0. The fraction of sp³-hybridized carbons (Fsp3) is 0. The van der Waals surface area contributed by atoms with Gasteiger partial charge >= 0.3 is 17.2 Å². The summed E-state index contributed by atoms with van der Waals surface area (Å²) in [5, 5.41) is 0. The maximum Gasteiger partial charge on any atom is 0.324 e. The minimum Gasteiger partial charge on any atom is -0.328 e. The second-order valence-corrected chi connectivity index (χ2v) is 1.61. The van der Waals surface area contributed by atoms with E-state index >= 15 is 0 Å². The Labute approximate surface area is 96.6 Å². The summed E-state index contributed by atoms with van der Waals surface area (Å²) in [6.07, 6.45) is 0. The predicted molar refractivity (Wildman–Crippen MR) is 27.2 cm³/mol. The molecular weight excluding hydrogens is 335 g/mol. The zero-order valence-electron chi connectivity index (χ0n) is 4.58. The molecule has 0 rings (SSSR count). The van der Waals surface area contributed by atoms with Crippen LogP contribution in [0.4, 0.5) is 0 Å². The SMILES string of the molecule is OP(O)O.OP(O)O.[Co].[Co].[Co]. The summed E-state index contributed by atoms with van der Waals surface area (Å²) in [4.78, 5) is 43.4. The van der Waals surface area contributed by atoms with E-state index in [0.29, 0.717) is 0 Å². The van der Waals surface area contributed by atoms with Crippen LogP contribution in [0.25, 0.3) is 0 Å². The average molecular weight is 341 g/mol. The van der Waals surface area contributed by atoms with Crippen LogP contribution in [-0.4, -0.2) is 29.4 Å². The standard InChI is InChI=1S/3Co.2H3O3P/c;;;2*1-4(2)3/h;;;2*1-3H. The topological polar surface area (TPSA) is 121 Å². The summed E-state index contributed by atoms with van der Waals surface area (Å²) >= 11 is 0. The van der Waals surface area contributed by atoms with Crippen LogP contribution in [0, 0.1) is 0 Å². The van der Waals surface area contributed by atoms with Gasteiger partial charge in [-0.25, -0.2) is 0 Å². The molecule has 0 aliphatic carbocycles. The van der Waals surface area contributed by atoms with Gasteiger partial charge in [-0.05, 0) is 0 Å². The van der Waals surface area contributed by atoms with Gasteiger partial charge < -0.3 is 29.4 Å². The van der Waals surface area contributed by atoms with Crippen molar-refractivity contribution in [2.24, 2.45) is 0 Å². The molecule has 0 atom stereocenters. The molecule has 0 unspecified atom stereocenters. The molecule has 6 N–H and O–H groups in total. The summed E-state index contributed by atoms with van der Waals surface area (Å²) in [5.41, 5.74) is 0. The molecule has 0 fully saturated rings. The third kappa shape index (κ3) is 273. The summed E-state index contributed by atoms with van der Waals surface area (Å²) in [7, 11) is -5.24. The molecule has 0 aromatic rings. The largest absolute Gasteiger partial charge is 0.328 e. The fourth-order valence-electron chi connectivity index (χ4n) is 0. The van der Waals surface area contributed by atoms with Crippen LogP contribution in [0.1, 0.15) is 0 Å². The first kappa shape index (κ1) is 29.2. The monoisotopic (exact) mass is 341 g/mol. The Morgan fingerprint density at radius 3 is 0.455 bits per heavy atom. The maximum absolute atomic E-state index is 7.23. The van der Waals surface area contributed by atoms with Crippen LogP contribution in [0.5, 0.6) is 0 Å². The molecule has 0 saturated heterocycles. The molecule has 0 bridgehead atoms. The molecule has 11 heteroatoms. The van der Waals surface area contributed by atoms with Crippen molar-refractivity contribution < 1.29 is 79.7 Å². The van der Waals surface area contributed by atoms with Crippen LogP contribution in [0.15, 0.2) is 0 Å². The predicted octanol–water partition coefficient (Wildman–Crippen LogP) is -1.63. The first-order valence-corrected chi connectivity index (χ1v) is 3.60. The number of rotatable bonds is 0. The van der Waals surface area contributed by atoms with E-state index in [1.165, 1.54) is 0 Å². The molecule has 0 heterocycles. The van der Waals surface area contributed by atoms with Crippen molar-refractivity contribution in [2.45, 2.75) is 0 Å². The van der Waals surface area contributed by atoms with Gasteiger partial charge in [0.25, 0.3) is 0 Å². The van der Waals surface area contributed by atoms with Crippen molar-refractivity contribution in [3.05, 3.63) is 0 Å². The first-order valence-electron chi connectivity index (χ1n) is 1.20. The van der Waals surface area contributed by atoms with Gasteiger partial charge in [0.15, 0.2) is 0 Å². The Bertz CT molecular complexity index is 31.3. The van der Waals surface area contributed by atoms with E-state index in [-0.39, 0.29) is 50.3 Å². The third-order valence-corrected chi connectivity index (χ3v) is 0. The van der Waals surface area contributed by atoms with E-state index in [0.717, 1.165) is 0 Å². The molecule has 3 radical (unpaired) electrons. The van der Waals surface area contributed by atoms with Crippen LogP contribution < -0.4 is 0 Å². The van der Waals surface area contributed by atoms with E-state index in [1.54, 1.807) is 0 Å². The smallest absolute Gasteiger partial charge is 0.324 e. The van der Waals surface area contributed by atoms with E-state index in [2.05, 4.69) is 0 Å². The summed E-state index contributed by atoms with van der Waals surface area (Å²) in [6, 6.07) is 0. The van der Waals surface area contributed by atoms with Gasteiger partial charge in [-0.3, -0.25) is 0 Å². The van der Waals surface area contributed by atoms with Crippen LogP contribution in [-0.2, 0) is 50.3 Å². The molecule has 0 aliphatic rings. The number of hydrogen-bond donors (Lipinski definition) is 6. The van der Waals surface area contributed by atoms with Gasteiger partial charge in [0.05, 0.1) is 0 Å². The molecule has 0 aliphatic heterocycles. The fourth-order valence-corrected chi connectivity index (χ4v) is 0. The van der Waals surface area contributed by atoms with Crippen molar-refractivity contribution in [1.29, 1.82) is 0 Å². The zero-order chi connectivity index (χ0) is 7.15. The van der Waals surface area contributed by atoms with E-state index in [9.17, 15) is 0 Å². The molecular formula is H6Co3O6P2. The molecule has 0 amide bonds. The molecule has 6 nitrogen and oxygen atoms in total. The second-order valence-electron chi connectivity index (χ2n) is 0.537. The Hall–Kier alpha value is 2.14. The molecule has 0 aromatic carbocycles. The molecule has 0 saturated carbocycles. The molecule has 0 spiro atoms. The summed E-state index contributed by atoms with van der Waals surface area (Å²) in [6.45, 7) is 0. The number of hydrogen-bond acceptors (Lipinski definition) is 6. The van der Waals surface area contributed by atoms with Gasteiger partial charge in [-0.1, -0.05) is 0 Å². The Morgan fingerprint density at radius 2 is 0.455 bits per heavy atom. The van der Waals surface area contributed by atoms with Gasteiger partial charge in [0.1, 0.15) is 0 Å². The Kier molecular flexibility index (Phi) is 60.4. The van der Waals surface area contributed by atoms with E-state index in [1.807, 2.05) is 0 Å². The maximum atomic E-state index is 7.23. The van der Waals surface area contributed by atoms with Gasteiger partial charge in [0, 0.05) is 50.3 Å². The molecule has 79 valence electrons. The van der Waals surface area contributed by atoms with Crippen molar-refractivity contribution in [1.82, 2.24) is 0 Å². The van der Waals surface area contributed by atoms with Crippen LogP contribution >= 0.6 is 17.2 Å². The van der Waals surface area contributed by atoms with Crippen LogP contribution in [0.2, 0.25) is 0 Å². The zero-order valence-corrected chi connectivity index (χ0v) is 9.49. The quantitative estimate of drug-likeness (QED) is 0.295. The van der Waals surface area contributed by atoms with E-state index < -0.39 is 17.2 Å². The van der Waals surface area contributed by atoms with Gasteiger partial charge in [-0.15, -0.1) is 0 Å². The van der Waals surface area contributed by atoms with Gasteiger partial charge in [-0.2, -0.15) is 0 Å². The normalized spacial score (nSPS) is 6.55. The first-order chi connectivity index (χ1) is 3.46. The minimum absolute atomic E-state index is 0. The Morgan fingerprint density at radius 1 is 0.455 bits per heavy atom. The molecule has 11 heavy (non-hydrogen) atoms. The van der Waals surface area contributed by atoms with Crippen LogP contribution in [0.3, 0.4) is 0 Å². The third-order valence-electron chi connectivity index (χ3n) is 0. The minimum atomic E-state index is -2.62. The average Bonchev–Trinajstić information content (AvgIpc) is 1.25.